The number of H-pyrrole nitrogens is 1. The third-order valence-electron chi connectivity index (χ3n) is 4.18. The van der Waals surface area contributed by atoms with Gasteiger partial charge in [-0.15, -0.1) is 5.10 Å². The van der Waals surface area contributed by atoms with E-state index in [4.69, 9.17) is 0 Å². The zero-order valence-corrected chi connectivity index (χ0v) is 14.7. The zero-order valence-electron chi connectivity index (χ0n) is 14.7. The van der Waals surface area contributed by atoms with Crippen molar-refractivity contribution in [2.24, 2.45) is 10.2 Å². The van der Waals surface area contributed by atoms with E-state index in [1.54, 1.807) is 12.4 Å². The first-order valence-electron chi connectivity index (χ1n) is 8.72. The molecule has 4 nitrogen and oxygen atoms in total. The number of nitrogens with zero attached hydrogens (tertiary/aromatic N) is 3. The van der Waals surface area contributed by atoms with Gasteiger partial charge in [-0.3, -0.25) is 5.10 Å². The Bertz CT molecular complexity index is 1010. The Kier molecular flexibility index (Phi) is 4.97. The molecule has 0 saturated carbocycles. The lowest BCUT2D eigenvalue weighted by Gasteiger charge is -2.05. The van der Waals surface area contributed by atoms with Crippen LogP contribution in [0.1, 0.15) is 16.7 Å². The number of benzene rings is 3. The Hall–Kier alpha value is -3.79. The van der Waals surface area contributed by atoms with Gasteiger partial charge in [-0.2, -0.15) is 10.2 Å². The van der Waals surface area contributed by atoms with Crippen LogP contribution in [0.2, 0.25) is 0 Å². The lowest BCUT2D eigenvalue weighted by atomic mass is 10.0. The van der Waals surface area contributed by atoms with Crippen molar-refractivity contribution in [2.45, 2.75) is 0 Å². The molecule has 0 fully saturated rings. The van der Waals surface area contributed by atoms with Crippen molar-refractivity contribution in [3.05, 3.63) is 114 Å². The van der Waals surface area contributed by atoms with E-state index in [1.807, 2.05) is 91.0 Å². The lowest BCUT2D eigenvalue weighted by Crippen LogP contribution is -2.02. The van der Waals surface area contributed by atoms with Gasteiger partial charge in [-0.1, -0.05) is 91.0 Å². The average Bonchev–Trinajstić information content (AvgIpc) is 3.22. The van der Waals surface area contributed by atoms with Gasteiger partial charge in [0.05, 0.1) is 18.1 Å². The molecule has 4 aromatic rings. The second kappa shape index (κ2) is 8.06. The normalized spacial score (nSPS) is 10.8. The van der Waals surface area contributed by atoms with Crippen molar-refractivity contribution in [1.29, 1.82) is 0 Å². The second-order valence-electron chi connectivity index (χ2n) is 5.99. The number of hydrogen-bond acceptors (Lipinski definition) is 3. The molecule has 0 aliphatic carbocycles. The van der Waals surface area contributed by atoms with Crippen molar-refractivity contribution in [3.8, 4) is 11.3 Å². The van der Waals surface area contributed by atoms with E-state index in [0.29, 0.717) is 0 Å². The Balaban J connectivity index is 1.68. The molecule has 0 saturated heterocycles. The number of nitrogens with one attached hydrogen (secondary N) is 1. The van der Waals surface area contributed by atoms with Gasteiger partial charge in [-0.25, -0.2) is 0 Å². The van der Waals surface area contributed by atoms with Crippen LogP contribution < -0.4 is 0 Å². The molecule has 1 N–H and O–H groups in total. The Morgan fingerprint density at radius 3 is 1.89 bits per heavy atom. The van der Waals surface area contributed by atoms with Crippen LogP contribution in [0.5, 0.6) is 0 Å². The van der Waals surface area contributed by atoms with Crippen molar-refractivity contribution in [1.82, 2.24) is 10.2 Å². The van der Waals surface area contributed by atoms with Gasteiger partial charge in [0.1, 0.15) is 5.71 Å². The van der Waals surface area contributed by atoms with Crippen LogP contribution in [-0.4, -0.2) is 22.1 Å². The van der Waals surface area contributed by atoms with Crippen molar-refractivity contribution in [3.63, 3.8) is 0 Å². The van der Waals surface area contributed by atoms with Gasteiger partial charge >= 0.3 is 0 Å². The highest BCUT2D eigenvalue weighted by Crippen LogP contribution is 2.19. The van der Waals surface area contributed by atoms with E-state index in [0.717, 1.165) is 33.7 Å². The fourth-order valence-corrected chi connectivity index (χ4v) is 2.85. The molecule has 0 bridgehead atoms. The minimum absolute atomic E-state index is 0.831. The molecule has 4 heteroatoms. The van der Waals surface area contributed by atoms with E-state index >= 15 is 0 Å². The van der Waals surface area contributed by atoms with Crippen LogP contribution in [0.4, 0.5) is 0 Å². The molecule has 1 aromatic heterocycles. The maximum atomic E-state index is 4.52. The summed E-state index contributed by atoms with van der Waals surface area (Å²) in [5.74, 6) is 0. The predicted molar refractivity (Wildman–Crippen MR) is 110 cm³/mol. The third kappa shape index (κ3) is 3.90. The number of aromatic amines is 1. The standard InChI is InChI=1S/C23H18N4/c1-4-10-18(11-5-1)22(19-12-6-2-7-13-19)26-24-16-21-17-25-27-23(21)20-14-8-3-9-15-20/h1-17H,(H,25,27)/b24-16+. The zero-order chi connectivity index (χ0) is 18.3. The number of hydrogen-bond donors (Lipinski definition) is 1. The molecule has 0 atom stereocenters. The summed E-state index contributed by atoms with van der Waals surface area (Å²) in [5.41, 5.74) is 5.76. The highest BCUT2D eigenvalue weighted by molar-refractivity contribution is 6.13. The quantitative estimate of drug-likeness (QED) is 0.402. The van der Waals surface area contributed by atoms with E-state index in [-0.39, 0.29) is 0 Å². The minimum atomic E-state index is 0.831. The first kappa shape index (κ1) is 16.7. The molecule has 0 radical (unpaired) electrons. The minimum Gasteiger partial charge on any atom is -0.277 e. The van der Waals surface area contributed by atoms with Crippen LogP contribution in [-0.2, 0) is 0 Å². The Morgan fingerprint density at radius 2 is 1.30 bits per heavy atom. The van der Waals surface area contributed by atoms with Crippen LogP contribution in [0.25, 0.3) is 11.3 Å². The highest BCUT2D eigenvalue weighted by atomic mass is 15.2. The highest BCUT2D eigenvalue weighted by Gasteiger charge is 2.07. The van der Waals surface area contributed by atoms with Gasteiger partial charge in [0.15, 0.2) is 0 Å². The molecule has 4 rings (SSSR count). The van der Waals surface area contributed by atoms with E-state index < -0.39 is 0 Å². The van der Waals surface area contributed by atoms with Gasteiger partial charge < -0.3 is 0 Å². The SMILES string of the molecule is C(=N\N=C(c1ccccc1)c1ccccc1)/c1cn[nH]c1-c1ccccc1. The molecule has 1 heterocycles. The summed E-state index contributed by atoms with van der Waals surface area (Å²) in [6, 6.07) is 30.2. The van der Waals surface area contributed by atoms with Crippen molar-refractivity contribution < 1.29 is 0 Å². The summed E-state index contributed by atoms with van der Waals surface area (Å²) >= 11 is 0. The smallest absolute Gasteiger partial charge is 0.100 e. The van der Waals surface area contributed by atoms with Gasteiger partial charge in [0.25, 0.3) is 0 Å². The fourth-order valence-electron chi connectivity index (χ4n) is 2.85. The monoisotopic (exact) mass is 350 g/mol. The summed E-state index contributed by atoms with van der Waals surface area (Å²) in [4.78, 5) is 0. The third-order valence-corrected chi connectivity index (χ3v) is 4.18. The van der Waals surface area contributed by atoms with Gasteiger partial charge in [0, 0.05) is 22.3 Å². The maximum absolute atomic E-state index is 4.52. The lowest BCUT2D eigenvalue weighted by molar-refractivity contribution is 1.10. The molecule has 3 aromatic carbocycles. The first-order chi connectivity index (χ1) is 13.4. The fraction of sp³-hybridized carbons (Fsp3) is 0. The summed E-state index contributed by atoms with van der Waals surface area (Å²) in [7, 11) is 0. The van der Waals surface area contributed by atoms with Crippen LogP contribution in [0.3, 0.4) is 0 Å². The van der Waals surface area contributed by atoms with Crippen LogP contribution >= 0.6 is 0 Å². The second-order valence-corrected chi connectivity index (χ2v) is 5.99. The molecule has 130 valence electrons. The van der Waals surface area contributed by atoms with Crippen LogP contribution in [0.15, 0.2) is 107 Å². The summed E-state index contributed by atoms with van der Waals surface area (Å²) in [6.07, 6.45) is 3.49. The topological polar surface area (TPSA) is 53.4 Å². The largest absolute Gasteiger partial charge is 0.277 e. The molecular weight excluding hydrogens is 332 g/mol. The first-order valence-corrected chi connectivity index (χ1v) is 8.72. The number of aromatic nitrogens is 2. The van der Waals surface area contributed by atoms with Crippen molar-refractivity contribution in [2.75, 3.05) is 0 Å². The van der Waals surface area contributed by atoms with Gasteiger partial charge in [-0.05, 0) is 0 Å². The predicted octanol–water partition coefficient (Wildman–Crippen LogP) is 4.95. The van der Waals surface area contributed by atoms with E-state index in [9.17, 15) is 0 Å². The van der Waals surface area contributed by atoms with Crippen molar-refractivity contribution >= 4 is 11.9 Å². The molecule has 0 amide bonds. The summed E-state index contributed by atoms with van der Waals surface area (Å²) in [5, 5.41) is 16.1. The summed E-state index contributed by atoms with van der Waals surface area (Å²) < 4.78 is 0. The van der Waals surface area contributed by atoms with E-state index in [2.05, 4.69) is 20.4 Å². The molecule has 27 heavy (non-hydrogen) atoms. The maximum Gasteiger partial charge on any atom is 0.100 e. The Labute approximate surface area is 157 Å². The number of rotatable bonds is 5. The average molecular weight is 350 g/mol. The molecule has 0 spiro atoms. The van der Waals surface area contributed by atoms with E-state index in [1.165, 1.54) is 0 Å². The van der Waals surface area contributed by atoms with Gasteiger partial charge in [0.2, 0.25) is 0 Å². The molecule has 0 unspecified atom stereocenters. The molecule has 0 aliphatic rings. The van der Waals surface area contributed by atoms with Crippen LogP contribution in [0, 0.1) is 0 Å². The summed E-state index contributed by atoms with van der Waals surface area (Å²) in [6.45, 7) is 0. The molecular formula is C23H18N4. The Morgan fingerprint density at radius 1 is 0.741 bits per heavy atom. The molecule has 0 aliphatic heterocycles.